The van der Waals surface area contributed by atoms with Crippen molar-refractivity contribution in [3.63, 3.8) is 0 Å². The summed E-state index contributed by atoms with van der Waals surface area (Å²) < 4.78 is 6.85. The minimum absolute atomic E-state index is 0.00334. The Morgan fingerprint density at radius 3 is 2.93 bits per heavy atom. The molecule has 2 fully saturated rings. The molecule has 3 amide bonds. The van der Waals surface area contributed by atoms with E-state index in [-0.39, 0.29) is 50.2 Å². The molecule has 0 bridgehead atoms. The van der Waals surface area contributed by atoms with Crippen LogP contribution in [0.2, 0.25) is 0 Å². The van der Waals surface area contributed by atoms with Gasteiger partial charge in [0, 0.05) is 44.0 Å². The van der Waals surface area contributed by atoms with Gasteiger partial charge in [-0.1, -0.05) is 0 Å². The number of carbonyl (C=O) groups is 3. The number of aromatic nitrogens is 2. The van der Waals surface area contributed by atoms with Crippen LogP contribution in [-0.2, 0) is 14.3 Å². The van der Waals surface area contributed by atoms with Crippen LogP contribution in [0.3, 0.4) is 0 Å². The van der Waals surface area contributed by atoms with Gasteiger partial charge < -0.3 is 19.9 Å². The molecule has 148 valence electrons. The normalized spacial score (nSPS) is 20.7. The third kappa shape index (κ3) is 3.50. The maximum absolute atomic E-state index is 13.0. The summed E-state index contributed by atoms with van der Waals surface area (Å²) in [6.45, 7) is 1.67. The van der Waals surface area contributed by atoms with Crippen molar-refractivity contribution < 1.29 is 19.1 Å². The van der Waals surface area contributed by atoms with Gasteiger partial charge in [0.05, 0.1) is 25.7 Å². The van der Waals surface area contributed by atoms with Crippen LogP contribution in [0.15, 0.2) is 22.6 Å². The van der Waals surface area contributed by atoms with Gasteiger partial charge >= 0.3 is 0 Å². The predicted molar refractivity (Wildman–Crippen MR) is 99.1 cm³/mol. The number of thiazole rings is 1. The number of piperazine rings is 1. The second-order valence-corrected chi connectivity index (χ2v) is 7.54. The van der Waals surface area contributed by atoms with Gasteiger partial charge in [-0.15, -0.1) is 11.3 Å². The Morgan fingerprint density at radius 2 is 2.11 bits per heavy atom. The SMILES string of the molecule is O=C1CN(C(=O)C2COCCN(C(=O)c3cnc4sccn4c3=O)C2)CCN1. The molecule has 1 atom stereocenters. The smallest absolute Gasteiger partial charge is 0.271 e. The van der Waals surface area contributed by atoms with E-state index in [9.17, 15) is 19.2 Å². The summed E-state index contributed by atoms with van der Waals surface area (Å²) in [6, 6.07) is 0. The number of fused-ring (bicyclic) bond motifs is 1. The summed E-state index contributed by atoms with van der Waals surface area (Å²) in [5.41, 5.74) is -0.474. The third-order valence-corrected chi connectivity index (χ3v) is 5.60. The molecule has 28 heavy (non-hydrogen) atoms. The molecule has 2 aromatic rings. The Morgan fingerprint density at radius 1 is 1.25 bits per heavy atom. The van der Waals surface area contributed by atoms with Crippen LogP contribution < -0.4 is 10.9 Å². The molecule has 2 aromatic heterocycles. The van der Waals surface area contributed by atoms with E-state index in [0.29, 0.717) is 18.1 Å². The fourth-order valence-corrected chi connectivity index (χ4v) is 4.05. The first-order valence-corrected chi connectivity index (χ1v) is 9.80. The molecule has 0 spiro atoms. The molecule has 0 aliphatic carbocycles. The van der Waals surface area contributed by atoms with Gasteiger partial charge in [0.1, 0.15) is 5.56 Å². The van der Waals surface area contributed by atoms with Crippen LogP contribution in [0.25, 0.3) is 4.96 Å². The van der Waals surface area contributed by atoms with Crippen LogP contribution >= 0.6 is 11.3 Å². The van der Waals surface area contributed by atoms with Gasteiger partial charge in [-0.05, 0) is 0 Å². The Bertz CT molecular complexity index is 986. The number of carbonyl (C=O) groups excluding carboxylic acids is 3. The Kier molecular flexibility index (Phi) is 5.09. The van der Waals surface area contributed by atoms with Gasteiger partial charge in [-0.2, -0.15) is 0 Å². The lowest BCUT2D eigenvalue weighted by Crippen LogP contribution is -2.53. The van der Waals surface area contributed by atoms with Gasteiger partial charge in [0.25, 0.3) is 11.5 Å². The first kappa shape index (κ1) is 18.6. The van der Waals surface area contributed by atoms with E-state index in [1.54, 1.807) is 11.6 Å². The molecule has 0 radical (unpaired) electrons. The van der Waals surface area contributed by atoms with Crippen molar-refractivity contribution in [3.05, 3.63) is 33.7 Å². The lowest BCUT2D eigenvalue weighted by Gasteiger charge is -2.31. The lowest BCUT2D eigenvalue weighted by molar-refractivity contribution is -0.142. The van der Waals surface area contributed by atoms with Crippen molar-refractivity contribution in [1.29, 1.82) is 0 Å². The van der Waals surface area contributed by atoms with Crippen LogP contribution in [0.1, 0.15) is 10.4 Å². The molecule has 4 rings (SSSR count). The van der Waals surface area contributed by atoms with Gasteiger partial charge in [0.2, 0.25) is 11.8 Å². The summed E-state index contributed by atoms with van der Waals surface area (Å²) in [4.78, 5) is 57.5. The Labute approximate surface area is 163 Å². The quantitative estimate of drug-likeness (QED) is 0.672. The molecule has 2 aliphatic rings. The highest BCUT2D eigenvalue weighted by atomic mass is 32.1. The molecule has 1 N–H and O–H groups in total. The molecule has 0 saturated carbocycles. The fraction of sp³-hybridized carbons (Fsp3) is 0.471. The largest absolute Gasteiger partial charge is 0.379 e. The van der Waals surface area contributed by atoms with Crippen LogP contribution in [-0.4, -0.2) is 82.8 Å². The molecule has 2 saturated heterocycles. The molecular formula is C17H19N5O5S. The number of ether oxygens (including phenoxy) is 1. The minimum atomic E-state index is -0.585. The summed E-state index contributed by atoms with van der Waals surface area (Å²) in [7, 11) is 0. The zero-order valence-electron chi connectivity index (χ0n) is 15.0. The van der Waals surface area contributed by atoms with Crippen molar-refractivity contribution in [2.24, 2.45) is 5.92 Å². The molecule has 11 heteroatoms. The average Bonchev–Trinajstić information content (AvgIpc) is 3.04. The molecule has 0 aromatic carbocycles. The summed E-state index contributed by atoms with van der Waals surface area (Å²) in [5, 5.41) is 4.40. The number of hydrogen-bond donors (Lipinski definition) is 1. The number of hydrogen-bond acceptors (Lipinski definition) is 7. The van der Waals surface area contributed by atoms with Crippen LogP contribution in [0.5, 0.6) is 0 Å². The highest BCUT2D eigenvalue weighted by Gasteiger charge is 2.33. The van der Waals surface area contributed by atoms with Crippen molar-refractivity contribution >= 4 is 34.0 Å². The van der Waals surface area contributed by atoms with Gasteiger partial charge in [-0.25, -0.2) is 4.98 Å². The zero-order chi connectivity index (χ0) is 19.7. The van der Waals surface area contributed by atoms with E-state index in [2.05, 4.69) is 10.3 Å². The number of amides is 3. The second kappa shape index (κ2) is 7.68. The first-order valence-electron chi connectivity index (χ1n) is 8.92. The predicted octanol–water partition coefficient (Wildman–Crippen LogP) is -1.20. The fourth-order valence-electron chi connectivity index (χ4n) is 3.37. The van der Waals surface area contributed by atoms with Crippen molar-refractivity contribution in [2.45, 2.75) is 0 Å². The minimum Gasteiger partial charge on any atom is -0.379 e. The topological polar surface area (TPSA) is 113 Å². The molecule has 2 aliphatic heterocycles. The maximum Gasteiger partial charge on any atom is 0.271 e. The van der Waals surface area contributed by atoms with Crippen LogP contribution in [0, 0.1) is 5.92 Å². The van der Waals surface area contributed by atoms with E-state index >= 15 is 0 Å². The Balaban J connectivity index is 1.54. The third-order valence-electron chi connectivity index (χ3n) is 4.83. The Hall–Kier alpha value is -2.79. The standard InChI is InChI=1S/C17H19N5O5S/c23-13-9-20(2-1-18-13)14(24)11-8-21(3-5-27-10-11)15(25)12-7-19-17-22(16(12)26)4-6-28-17/h4,6-7,11H,1-3,5,8-10H2,(H,18,23). The molecule has 10 nitrogen and oxygen atoms in total. The number of rotatable bonds is 2. The highest BCUT2D eigenvalue weighted by Crippen LogP contribution is 2.14. The molecule has 4 heterocycles. The average molecular weight is 405 g/mol. The summed E-state index contributed by atoms with van der Waals surface area (Å²) in [6.07, 6.45) is 2.86. The summed E-state index contributed by atoms with van der Waals surface area (Å²) in [5.74, 6) is -1.49. The van der Waals surface area contributed by atoms with Crippen molar-refractivity contribution in [3.8, 4) is 0 Å². The zero-order valence-corrected chi connectivity index (χ0v) is 15.8. The monoisotopic (exact) mass is 405 g/mol. The van der Waals surface area contributed by atoms with Crippen molar-refractivity contribution in [2.75, 3.05) is 45.9 Å². The first-order chi connectivity index (χ1) is 13.5. The van der Waals surface area contributed by atoms with E-state index in [1.165, 1.54) is 31.7 Å². The number of nitrogens with zero attached hydrogens (tertiary/aromatic N) is 4. The van der Waals surface area contributed by atoms with E-state index in [4.69, 9.17) is 4.74 Å². The summed E-state index contributed by atoms with van der Waals surface area (Å²) >= 11 is 1.31. The van der Waals surface area contributed by atoms with Crippen molar-refractivity contribution in [1.82, 2.24) is 24.5 Å². The van der Waals surface area contributed by atoms with E-state index in [0.717, 1.165) is 0 Å². The van der Waals surface area contributed by atoms with Gasteiger partial charge in [0.15, 0.2) is 4.96 Å². The maximum atomic E-state index is 13.0. The highest BCUT2D eigenvalue weighted by molar-refractivity contribution is 7.15. The van der Waals surface area contributed by atoms with E-state index < -0.39 is 17.4 Å². The lowest BCUT2D eigenvalue weighted by atomic mass is 10.1. The molecular weight excluding hydrogens is 386 g/mol. The second-order valence-electron chi connectivity index (χ2n) is 6.67. The molecule has 1 unspecified atom stereocenters. The van der Waals surface area contributed by atoms with Gasteiger partial charge in [-0.3, -0.25) is 23.6 Å². The number of nitrogens with one attached hydrogen (secondary N) is 1. The van der Waals surface area contributed by atoms with Crippen LogP contribution in [0.4, 0.5) is 0 Å². The van der Waals surface area contributed by atoms with E-state index in [1.807, 2.05) is 0 Å².